The van der Waals surface area contributed by atoms with E-state index in [-0.39, 0.29) is 23.9 Å². The molecule has 0 aromatic heterocycles. The fraction of sp³-hybridized carbons (Fsp3) is 0.909. The number of carbonyl (C=O) groups excluding carboxylic acids is 1. The van der Waals surface area contributed by atoms with Gasteiger partial charge in [-0.3, -0.25) is 15.5 Å². The van der Waals surface area contributed by atoms with Crippen molar-refractivity contribution < 1.29 is 4.79 Å². The van der Waals surface area contributed by atoms with Crippen LogP contribution in [0.1, 0.15) is 71.6 Å². The van der Waals surface area contributed by atoms with Crippen LogP contribution in [0, 0.1) is 35.0 Å². The summed E-state index contributed by atoms with van der Waals surface area (Å²) in [5, 5.41) is 18.5. The van der Waals surface area contributed by atoms with Crippen LogP contribution in [0.2, 0.25) is 0 Å². The van der Waals surface area contributed by atoms with Crippen LogP contribution in [0.25, 0.3) is 0 Å². The average Bonchev–Trinajstić information content (AvgIpc) is 3.13. The van der Waals surface area contributed by atoms with Crippen LogP contribution in [-0.4, -0.2) is 41.8 Å². The average molecular weight is 388 g/mol. The highest BCUT2D eigenvalue weighted by Crippen LogP contribution is 2.40. The Hall–Kier alpha value is -1.16. The van der Waals surface area contributed by atoms with Crippen LogP contribution in [0.15, 0.2) is 0 Å². The molecule has 28 heavy (non-hydrogen) atoms. The molecule has 3 N–H and O–H groups in total. The Kier molecular flexibility index (Phi) is 6.24. The summed E-state index contributed by atoms with van der Waals surface area (Å²) >= 11 is 0. The van der Waals surface area contributed by atoms with Gasteiger partial charge in [-0.25, -0.2) is 5.01 Å². The van der Waals surface area contributed by atoms with E-state index in [0.717, 1.165) is 50.5 Å². The van der Waals surface area contributed by atoms with Crippen molar-refractivity contribution in [2.45, 2.75) is 95.9 Å². The lowest BCUT2D eigenvalue weighted by Gasteiger charge is -2.41. The summed E-state index contributed by atoms with van der Waals surface area (Å²) in [4.78, 5) is 13.0. The van der Waals surface area contributed by atoms with Crippen LogP contribution in [0.5, 0.6) is 0 Å². The van der Waals surface area contributed by atoms with Gasteiger partial charge in [0.15, 0.2) is 0 Å². The molecule has 4 aliphatic rings. The van der Waals surface area contributed by atoms with E-state index in [1.54, 1.807) is 0 Å². The van der Waals surface area contributed by atoms with E-state index in [9.17, 15) is 10.1 Å². The lowest BCUT2D eigenvalue weighted by molar-refractivity contribution is -0.127. The molecule has 6 heteroatoms. The molecule has 156 valence electrons. The summed E-state index contributed by atoms with van der Waals surface area (Å²) in [5.74, 6) is 1.96. The van der Waals surface area contributed by atoms with E-state index in [1.807, 2.05) is 0 Å². The normalized spacial score (nSPS) is 44.5. The van der Waals surface area contributed by atoms with Crippen molar-refractivity contribution in [1.29, 1.82) is 5.26 Å². The molecular formula is C22H37N5O. The smallest absolute Gasteiger partial charge is 0.227 e. The van der Waals surface area contributed by atoms with Gasteiger partial charge in [-0.05, 0) is 70.6 Å². The molecule has 2 aliphatic carbocycles. The van der Waals surface area contributed by atoms with Gasteiger partial charge in [0.2, 0.25) is 5.91 Å². The molecule has 2 saturated heterocycles. The van der Waals surface area contributed by atoms with Gasteiger partial charge in [0.25, 0.3) is 0 Å². The zero-order valence-corrected chi connectivity index (χ0v) is 17.5. The van der Waals surface area contributed by atoms with Crippen LogP contribution < -0.4 is 16.1 Å². The quantitative estimate of drug-likeness (QED) is 0.693. The minimum absolute atomic E-state index is 0.0161. The zero-order valence-electron chi connectivity index (χ0n) is 17.5. The van der Waals surface area contributed by atoms with E-state index in [4.69, 9.17) is 0 Å². The minimum atomic E-state index is -0.0161. The lowest BCUT2D eigenvalue weighted by Crippen LogP contribution is -2.61. The highest BCUT2D eigenvalue weighted by molar-refractivity contribution is 5.80. The third-order valence-corrected chi connectivity index (χ3v) is 7.82. The van der Waals surface area contributed by atoms with Crippen molar-refractivity contribution in [1.82, 2.24) is 21.1 Å². The summed E-state index contributed by atoms with van der Waals surface area (Å²) in [7, 11) is 0. The molecule has 0 aromatic carbocycles. The van der Waals surface area contributed by atoms with Crippen molar-refractivity contribution in [2.24, 2.45) is 23.7 Å². The number of nitrogens with one attached hydrogen (secondary N) is 3. The van der Waals surface area contributed by atoms with Crippen LogP contribution in [0.3, 0.4) is 0 Å². The highest BCUT2D eigenvalue weighted by Gasteiger charge is 2.44. The first-order chi connectivity index (χ1) is 13.5. The largest absolute Gasteiger partial charge is 0.353 e. The summed E-state index contributed by atoms with van der Waals surface area (Å²) in [5.41, 5.74) is 3.44. The number of carbonyl (C=O) groups is 1. The maximum Gasteiger partial charge on any atom is 0.227 e. The Morgan fingerprint density at radius 2 is 1.86 bits per heavy atom. The van der Waals surface area contributed by atoms with Crippen LogP contribution in [-0.2, 0) is 4.79 Å². The van der Waals surface area contributed by atoms with Crippen molar-refractivity contribution in [3.05, 3.63) is 0 Å². The fourth-order valence-corrected chi connectivity index (χ4v) is 6.27. The van der Waals surface area contributed by atoms with Gasteiger partial charge in [0.05, 0.1) is 18.2 Å². The van der Waals surface area contributed by atoms with Gasteiger partial charge in [0, 0.05) is 30.6 Å². The Bertz CT molecular complexity index is 596. The highest BCUT2D eigenvalue weighted by atomic mass is 16.2. The molecule has 2 aliphatic heterocycles. The number of rotatable bonds is 3. The van der Waals surface area contributed by atoms with E-state index >= 15 is 0 Å². The van der Waals surface area contributed by atoms with Gasteiger partial charge in [-0.15, -0.1) is 0 Å². The predicted molar refractivity (Wildman–Crippen MR) is 109 cm³/mol. The van der Waals surface area contributed by atoms with E-state index < -0.39 is 0 Å². The fourth-order valence-electron chi connectivity index (χ4n) is 6.27. The van der Waals surface area contributed by atoms with Crippen LogP contribution in [0.4, 0.5) is 0 Å². The summed E-state index contributed by atoms with van der Waals surface area (Å²) in [6.45, 7) is 5.18. The first kappa shape index (κ1) is 20.1. The third kappa shape index (κ3) is 4.22. The summed E-state index contributed by atoms with van der Waals surface area (Å²) in [6, 6.07) is 3.73. The second-order valence-electron chi connectivity index (χ2n) is 9.85. The molecule has 2 heterocycles. The molecule has 1 amide bonds. The van der Waals surface area contributed by atoms with Gasteiger partial charge in [-0.1, -0.05) is 12.8 Å². The second kappa shape index (κ2) is 8.69. The van der Waals surface area contributed by atoms with Crippen molar-refractivity contribution >= 4 is 5.91 Å². The molecule has 0 spiro atoms. The van der Waals surface area contributed by atoms with E-state index in [1.165, 1.54) is 25.7 Å². The number of hydrogen-bond donors (Lipinski definition) is 3. The van der Waals surface area contributed by atoms with Gasteiger partial charge < -0.3 is 5.32 Å². The predicted octanol–water partition coefficient (Wildman–Crippen LogP) is 2.52. The molecule has 6 unspecified atom stereocenters. The van der Waals surface area contributed by atoms with Gasteiger partial charge in [0.1, 0.15) is 0 Å². The number of nitriles is 1. The minimum Gasteiger partial charge on any atom is -0.353 e. The number of fused-ring (bicyclic) bond motifs is 1. The van der Waals surface area contributed by atoms with E-state index in [2.05, 4.69) is 41.0 Å². The first-order valence-corrected chi connectivity index (χ1v) is 11.5. The zero-order chi connectivity index (χ0) is 19.7. The first-order valence-electron chi connectivity index (χ1n) is 11.5. The Morgan fingerprint density at radius 1 is 1.07 bits per heavy atom. The molecule has 4 rings (SSSR count). The Balaban J connectivity index is 1.26. The molecule has 0 aromatic rings. The standard InChI is InChI=1S/C22H37N5O/c1-14-10-15(2)27-21(25-14)20(13-24-27)22(28)26-19-8-6-17(7-9-19)18-5-3-4-16(11-18)12-23/h14-21,24-25H,3-11,13H2,1-2H3,(H,26,28). The Morgan fingerprint density at radius 3 is 2.61 bits per heavy atom. The number of hydrazine groups is 1. The molecule has 6 atom stereocenters. The maximum absolute atomic E-state index is 13.0. The third-order valence-electron chi connectivity index (χ3n) is 7.82. The topological polar surface area (TPSA) is 80.2 Å². The SMILES string of the molecule is CC1CC(C)N2NCC(C(=O)NC3CCC(C4CCCC(C#N)C4)CC3)C2N1. The molecule has 0 radical (unpaired) electrons. The van der Waals surface area contributed by atoms with Crippen molar-refractivity contribution in [3.63, 3.8) is 0 Å². The van der Waals surface area contributed by atoms with Gasteiger partial charge >= 0.3 is 0 Å². The summed E-state index contributed by atoms with van der Waals surface area (Å²) in [6.07, 6.45) is 10.5. The van der Waals surface area contributed by atoms with Crippen molar-refractivity contribution in [2.75, 3.05) is 6.54 Å². The molecule has 6 nitrogen and oxygen atoms in total. The summed E-state index contributed by atoms with van der Waals surface area (Å²) < 4.78 is 0. The number of nitrogens with zero attached hydrogens (tertiary/aromatic N) is 2. The maximum atomic E-state index is 13.0. The van der Waals surface area contributed by atoms with Crippen molar-refractivity contribution in [3.8, 4) is 6.07 Å². The lowest BCUT2D eigenvalue weighted by atomic mass is 9.70. The van der Waals surface area contributed by atoms with Gasteiger partial charge in [-0.2, -0.15) is 5.26 Å². The Labute approximate surface area is 169 Å². The molecular weight excluding hydrogens is 350 g/mol. The van der Waals surface area contributed by atoms with Crippen LogP contribution >= 0.6 is 0 Å². The molecule has 4 fully saturated rings. The number of hydrogen-bond acceptors (Lipinski definition) is 5. The number of amides is 1. The monoisotopic (exact) mass is 387 g/mol. The second-order valence-corrected chi connectivity index (χ2v) is 9.85. The molecule has 2 saturated carbocycles. The van der Waals surface area contributed by atoms with E-state index in [0.29, 0.717) is 18.1 Å². The molecule has 0 bridgehead atoms.